The highest BCUT2D eigenvalue weighted by Crippen LogP contribution is 2.04. The molecule has 0 aliphatic rings. The van der Waals surface area contributed by atoms with Gasteiger partial charge in [0, 0.05) is 13.3 Å². The maximum absolute atomic E-state index is 11.4. The number of carboxylic acids is 1. The summed E-state index contributed by atoms with van der Waals surface area (Å²) in [7, 11) is 1.59. The molecule has 0 saturated carbocycles. The minimum atomic E-state index is -1.10. The zero-order valence-corrected chi connectivity index (χ0v) is 10.2. The highest BCUT2D eigenvalue weighted by atomic mass is 16.5. The van der Waals surface area contributed by atoms with Gasteiger partial charge in [-0.3, -0.25) is 9.48 Å². The Bertz CT molecular complexity index is 418. The third-order valence-corrected chi connectivity index (χ3v) is 2.13. The van der Waals surface area contributed by atoms with Gasteiger partial charge < -0.3 is 20.5 Å². The highest BCUT2D eigenvalue weighted by Gasteiger charge is 2.14. The maximum Gasteiger partial charge on any atom is 0.325 e. The van der Waals surface area contributed by atoms with E-state index in [1.807, 2.05) is 0 Å². The smallest absolute Gasteiger partial charge is 0.325 e. The molecule has 8 nitrogen and oxygen atoms in total. The molecule has 0 aromatic carbocycles. The summed E-state index contributed by atoms with van der Waals surface area (Å²) in [5.41, 5.74) is 0.487. The molecular weight excluding hydrogens is 240 g/mol. The number of carbonyl (C=O) groups excluding carboxylic acids is 1. The predicted octanol–water partition coefficient (Wildman–Crippen LogP) is 0.124. The molecular formula is C10H16N4O4. The van der Waals surface area contributed by atoms with E-state index in [0.29, 0.717) is 18.8 Å². The van der Waals surface area contributed by atoms with E-state index >= 15 is 0 Å². The molecule has 100 valence electrons. The average molecular weight is 256 g/mol. The van der Waals surface area contributed by atoms with Crippen molar-refractivity contribution < 1.29 is 19.4 Å². The summed E-state index contributed by atoms with van der Waals surface area (Å²) in [5.74, 6) is -1.10. The standard InChI is InChI=1S/C10H16N4O4/c1-7(9(15)16)12-10(17)13-8-5-11-14(6-8)3-4-18-2/h5-7H,3-4H2,1-2H3,(H,15,16)(H2,12,13,17). The Labute approximate surface area is 104 Å². The van der Waals surface area contributed by atoms with Crippen LogP contribution in [0.15, 0.2) is 12.4 Å². The number of hydrogen-bond acceptors (Lipinski definition) is 4. The van der Waals surface area contributed by atoms with Gasteiger partial charge in [-0.05, 0) is 6.92 Å². The molecule has 1 unspecified atom stereocenters. The molecule has 0 spiro atoms. The van der Waals surface area contributed by atoms with Crippen LogP contribution in [0.2, 0.25) is 0 Å². The monoisotopic (exact) mass is 256 g/mol. The van der Waals surface area contributed by atoms with Gasteiger partial charge in [-0.1, -0.05) is 0 Å². The van der Waals surface area contributed by atoms with Crippen molar-refractivity contribution in [2.75, 3.05) is 19.0 Å². The minimum Gasteiger partial charge on any atom is -0.480 e. The number of rotatable bonds is 6. The number of anilines is 1. The van der Waals surface area contributed by atoms with Crippen molar-refractivity contribution in [2.24, 2.45) is 0 Å². The number of nitrogens with zero attached hydrogens (tertiary/aromatic N) is 2. The summed E-state index contributed by atoms with van der Waals surface area (Å²) < 4.78 is 6.50. The van der Waals surface area contributed by atoms with Gasteiger partial charge in [-0.15, -0.1) is 0 Å². The van der Waals surface area contributed by atoms with Crippen LogP contribution in [0.3, 0.4) is 0 Å². The first-order valence-electron chi connectivity index (χ1n) is 5.34. The maximum atomic E-state index is 11.4. The molecule has 1 atom stereocenters. The number of aromatic nitrogens is 2. The zero-order chi connectivity index (χ0) is 13.5. The summed E-state index contributed by atoms with van der Waals surface area (Å²) in [5, 5.41) is 17.4. The second kappa shape index (κ2) is 6.60. The molecule has 3 N–H and O–H groups in total. The first kappa shape index (κ1) is 14.0. The minimum absolute atomic E-state index is 0.487. The molecule has 1 heterocycles. The van der Waals surface area contributed by atoms with Gasteiger partial charge in [0.25, 0.3) is 0 Å². The summed E-state index contributed by atoms with van der Waals surface area (Å²) in [4.78, 5) is 21.9. The number of ether oxygens (including phenoxy) is 1. The first-order chi connectivity index (χ1) is 8.52. The summed E-state index contributed by atoms with van der Waals surface area (Å²) in [6.07, 6.45) is 3.10. The molecule has 0 aliphatic carbocycles. The molecule has 0 fully saturated rings. The van der Waals surface area contributed by atoms with Crippen molar-refractivity contribution in [2.45, 2.75) is 19.5 Å². The molecule has 0 saturated heterocycles. The molecule has 18 heavy (non-hydrogen) atoms. The normalized spacial score (nSPS) is 11.9. The Morgan fingerprint density at radius 1 is 1.61 bits per heavy atom. The predicted molar refractivity (Wildman–Crippen MR) is 63.4 cm³/mol. The Morgan fingerprint density at radius 3 is 2.94 bits per heavy atom. The second-order valence-corrected chi connectivity index (χ2v) is 3.64. The topological polar surface area (TPSA) is 105 Å². The van der Waals surface area contributed by atoms with Crippen molar-refractivity contribution in [1.29, 1.82) is 0 Å². The van der Waals surface area contributed by atoms with Gasteiger partial charge in [0.05, 0.1) is 25.0 Å². The van der Waals surface area contributed by atoms with Crippen molar-refractivity contribution in [3.8, 4) is 0 Å². The molecule has 0 aliphatic heterocycles. The van der Waals surface area contributed by atoms with Crippen LogP contribution in [-0.2, 0) is 16.1 Å². The van der Waals surface area contributed by atoms with E-state index in [0.717, 1.165) is 0 Å². The van der Waals surface area contributed by atoms with Gasteiger partial charge in [-0.2, -0.15) is 5.10 Å². The van der Waals surface area contributed by atoms with E-state index in [-0.39, 0.29) is 0 Å². The summed E-state index contributed by atoms with van der Waals surface area (Å²) >= 11 is 0. The lowest BCUT2D eigenvalue weighted by molar-refractivity contribution is -0.138. The number of nitrogens with one attached hydrogen (secondary N) is 2. The molecule has 1 rings (SSSR count). The van der Waals surface area contributed by atoms with Crippen LogP contribution in [0, 0.1) is 0 Å². The molecule has 0 radical (unpaired) electrons. The summed E-state index contributed by atoms with van der Waals surface area (Å²) in [6.45, 7) is 2.47. The largest absolute Gasteiger partial charge is 0.480 e. The Hall–Kier alpha value is -2.09. The number of amides is 2. The lowest BCUT2D eigenvalue weighted by Crippen LogP contribution is -2.40. The van der Waals surface area contributed by atoms with Crippen LogP contribution >= 0.6 is 0 Å². The Morgan fingerprint density at radius 2 is 2.33 bits per heavy atom. The number of aliphatic carboxylic acids is 1. The third-order valence-electron chi connectivity index (χ3n) is 2.13. The van der Waals surface area contributed by atoms with Crippen LogP contribution in [-0.4, -0.2) is 46.6 Å². The fourth-order valence-corrected chi connectivity index (χ4v) is 1.16. The zero-order valence-electron chi connectivity index (χ0n) is 10.2. The number of methoxy groups -OCH3 is 1. The van der Waals surface area contributed by atoms with Gasteiger partial charge in [0.1, 0.15) is 6.04 Å². The fourth-order valence-electron chi connectivity index (χ4n) is 1.16. The third kappa shape index (κ3) is 4.42. The molecule has 8 heteroatoms. The molecule has 1 aromatic heterocycles. The Balaban J connectivity index is 2.44. The van der Waals surface area contributed by atoms with Crippen LogP contribution in [0.25, 0.3) is 0 Å². The van der Waals surface area contributed by atoms with Crippen molar-refractivity contribution in [3.63, 3.8) is 0 Å². The van der Waals surface area contributed by atoms with E-state index in [4.69, 9.17) is 9.84 Å². The van der Waals surface area contributed by atoms with Crippen molar-refractivity contribution >= 4 is 17.7 Å². The van der Waals surface area contributed by atoms with Crippen LogP contribution in [0.1, 0.15) is 6.92 Å². The van der Waals surface area contributed by atoms with Gasteiger partial charge in [-0.25, -0.2) is 4.79 Å². The summed E-state index contributed by atoms with van der Waals surface area (Å²) in [6, 6.07) is -1.54. The number of carboxylic acid groups (broad SMARTS) is 1. The number of hydrogen-bond donors (Lipinski definition) is 3. The van der Waals surface area contributed by atoms with E-state index in [1.165, 1.54) is 13.1 Å². The lowest BCUT2D eigenvalue weighted by atomic mass is 10.3. The van der Waals surface area contributed by atoms with Crippen molar-refractivity contribution in [1.82, 2.24) is 15.1 Å². The van der Waals surface area contributed by atoms with Gasteiger partial charge in [0.15, 0.2) is 0 Å². The quantitative estimate of drug-likeness (QED) is 0.670. The van der Waals surface area contributed by atoms with Crippen LogP contribution in [0.4, 0.5) is 10.5 Å². The fraction of sp³-hybridized carbons (Fsp3) is 0.500. The van der Waals surface area contributed by atoms with Crippen LogP contribution < -0.4 is 10.6 Å². The van der Waals surface area contributed by atoms with E-state index in [2.05, 4.69) is 15.7 Å². The van der Waals surface area contributed by atoms with E-state index < -0.39 is 18.0 Å². The molecule has 0 bridgehead atoms. The molecule has 2 amide bonds. The SMILES string of the molecule is COCCn1cc(NC(=O)NC(C)C(=O)O)cn1. The second-order valence-electron chi connectivity index (χ2n) is 3.64. The number of carbonyl (C=O) groups is 2. The average Bonchev–Trinajstić information content (AvgIpc) is 2.73. The van der Waals surface area contributed by atoms with E-state index in [1.54, 1.807) is 18.0 Å². The van der Waals surface area contributed by atoms with Crippen LogP contribution in [0.5, 0.6) is 0 Å². The first-order valence-corrected chi connectivity index (χ1v) is 5.34. The molecule has 1 aromatic rings. The van der Waals surface area contributed by atoms with Gasteiger partial charge >= 0.3 is 12.0 Å². The van der Waals surface area contributed by atoms with Crippen molar-refractivity contribution in [3.05, 3.63) is 12.4 Å². The Kier molecular flexibility index (Phi) is 5.12. The van der Waals surface area contributed by atoms with Gasteiger partial charge in [0.2, 0.25) is 0 Å². The number of urea groups is 1. The van der Waals surface area contributed by atoms with E-state index in [9.17, 15) is 9.59 Å². The highest BCUT2D eigenvalue weighted by molar-refractivity contribution is 5.91. The lowest BCUT2D eigenvalue weighted by Gasteiger charge is -2.09.